The molecule has 1 saturated heterocycles. The van der Waals surface area contributed by atoms with Crippen molar-refractivity contribution in [2.75, 3.05) is 44.3 Å². The lowest BCUT2D eigenvalue weighted by atomic mass is 10.1. The van der Waals surface area contributed by atoms with Gasteiger partial charge in [0.15, 0.2) is 0 Å². The van der Waals surface area contributed by atoms with Crippen molar-refractivity contribution in [3.05, 3.63) is 52.5 Å². The molecule has 0 radical (unpaired) electrons. The first-order valence-electron chi connectivity index (χ1n) is 7.93. The summed E-state index contributed by atoms with van der Waals surface area (Å²) in [6.07, 6.45) is 0. The molecule has 0 atom stereocenters. The van der Waals surface area contributed by atoms with Crippen LogP contribution < -0.4 is 11.1 Å². The summed E-state index contributed by atoms with van der Waals surface area (Å²) < 4.78 is 0.943. The van der Waals surface area contributed by atoms with Gasteiger partial charge in [-0.1, -0.05) is 15.9 Å². The van der Waals surface area contributed by atoms with Gasteiger partial charge >= 0.3 is 0 Å². The molecule has 24 heavy (non-hydrogen) atoms. The number of halogens is 1. The van der Waals surface area contributed by atoms with Crippen LogP contribution in [0.2, 0.25) is 0 Å². The number of hydrogen-bond acceptors (Lipinski definition) is 4. The third-order valence-corrected chi connectivity index (χ3v) is 4.71. The van der Waals surface area contributed by atoms with Crippen LogP contribution in [-0.2, 0) is 0 Å². The molecule has 5 nitrogen and oxygen atoms in total. The largest absolute Gasteiger partial charge is 0.397 e. The third kappa shape index (κ3) is 3.88. The molecule has 0 aliphatic carbocycles. The highest BCUT2D eigenvalue weighted by Crippen LogP contribution is 2.26. The number of amides is 1. The topological polar surface area (TPSA) is 61.6 Å². The van der Waals surface area contributed by atoms with Gasteiger partial charge < -0.3 is 20.9 Å². The summed E-state index contributed by atoms with van der Waals surface area (Å²) in [5.74, 6) is 0.0952. The van der Waals surface area contributed by atoms with Crippen LogP contribution in [0.5, 0.6) is 0 Å². The van der Waals surface area contributed by atoms with Gasteiger partial charge in [-0.15, -0.1) is 0 Å². The molecule has 2 aromatic carbocycles. The number of hydrogen-bond donors (Lipinski definition) is 2. The van der Waals surface area contributed by atoms with Crippen molar-refractivity contribution in [2.45, 2.75) is 0 Å². The molecule has 0 unspecified atom stereocenters. The lowest BCUT2D eigenvalue weighted by Gasteiger charge is -2.32. The fraction of sp³-hybridized carbons (Fsp3) is 0.278. The van der Waals surface area contributed by atoms with Crippen molar-refractivity contribution in [1.82, 2.24) is 9.80 Å². The van der Waals surface area contributed by atoms with Crippen LogP contribution in [0.3, 0.4) is 0 Å². The maximum Gasteiger partial charge on any atom is 0.253 e. The molecule has 1 aliphatic heterocycles. The maximum atomic E-state index is 12.5. The minimum atomic E-state index is 0.0952. The van der Waals surface area contributed by atoms with Crippen LogP contribution in [0.15, 0.2) is 46.9 Å². The number of nitrogens with one attached hydrogen (secondary N) is 1. The summed E-state index contributed by atoms with van der Waals surface area (Å²) in [5.41, 5.74) is 9.13. The Hall–Kier alpha value is -2.05. The molecule has 1 aliphatic rings. The van der Waals surface area contributed by atoms with Gasteiger partial charge in [0.2, 0.25) is 0 Å². The molecule has 6 heteroatoms. The Kier molecular flexibility index (Phi) is 5.06. The van der Waals surface area contributed by atoms with Crippen molar-refractivity contribution in [3.8, 4) is 0 Å². The van der Waals surface area contributed by atoms with Crippen LogP contribution in [0.4, 0.5) is 17.1 Å². The van der Waals surface area contributed by atoms with Gasteiger partial charge in [-0.05, 0) is 49.5 Å². The molecule has 0 aromatic heterocycles. The number of carbonyl (C=O) groups excluding carboxylic acids is 1. The first-order valence-corrected chi connectivity index (χ1v) is 8.72. The molecule has 2 aromatic rings. The lowest BCUT2D eigenvalue weighted by Crippen LogP contribution is -2.47. The SMILES string of the molecule is CN1CCN(C(=O)c2ccc(Nc3ccc(Br)cc3N)cc2)CC1. The number of nitrogen functional groups attached to an aromatic ring is 1. The zero-order chi connectivity index (χ0) is 17.1. The molecule has 0 spiro atoms. The van der Waals surface area contributed by atoms with E-state index in [2.05, 4.69) is 33.2 Å². The number of carbonyl (C=O) groups is 1. The van der Waals surface area contributed by atoms with E-state index in [4.69, 9.17) is 5.73 Å². The average Bonchev–Trinajstić information content (AvgIpc) is 2.58. The number of piperazine rings is 1. The second kappa shape index (κ2) is 7.23. The number of benzene rings is 2. The monoisotopic (exact) mass is 388 g/mol. The van der Waals surface area contributed by atoms with E-state index in [1.165, 1.54) is 0 Å². The number of likely N-dealkylation sites (N-methyl/N-ethyl adjacent to an activating group) is 1. The normalized spacial score (nSPS) is 15.3. The first-order chi connectivity index (χ1) is 11.5. The molecule has 0 saturated carbocycles. The second-order valence-electron chi connectivity index (χ2n) is 6.03. The Balaban J connectivity index is 1.68. The molecule has 3 rings (SSSR count). The number of rotatable bonds is 3. The molecule has 126 valence electrons. The van der Waals surface area contributed by atoms with E-state index < -0.39 is 0 Å². The van der Waals surface area contributed by atoms with Crippen LogP contribution in [0, 0.1) is 0 Å². The highest BCUT2D eigenvalue weighted by atomic mass is 79.9. The van der Waals surface area contributed by atoms with Crippen LogP contribution in [0.1, 0.15) is 10.4 Å². The molecule has 1 heterocycles. The van der Waals surface area contributed by atoms with Gasteiger partial charge in [-0.2, -0.15) is 0 Å². The Morgan fingerprint density at radius 1 is 1.08 bits per heavy atom. The van der Waals surface area contributed by atoms with Gasteiger partial charge in [0.25, 0.3) is 5.91 Å². The highest BCUT2D eigenvalue weighted by molar-refractivity contribution is 9.10. The van der Waals surface area contributed by atoms with E-state index in [-0.39, 0.29) is 5.91 Å². The summed E-state index contributed by atoms with van der Waals surface area (Å²) in [4.78, 5) is 16.7. The third-order valence-electron chi connectivity index (χ3n) is 4.21. The minimum Gasteiger partial charge on any atom is -0.397 e. The van der Waals surface area contributed by atoms with Crippen molar-refractivity contribution < 1.29 is 4.79 Å². The van der Waals surface area contributed by atoms with Gasteiger partial charge in [0.1, 0.15) is 0 Å². The van der Waals surface area contributed by atoms with Crippen LogP contribution >= 0.6 is 15.9 Å². The number of nitrogens with two attached hydrogens (primary N) is 1. The van der Waals surface area contributed by atoms with Gasteiger partial charge in [-0.25, -0.2) is 0 Å². The number of anilines is 3. The first kappa shape index (κ1) is 16.8. The highest BCUT2D eigenvalue weighted by Gasteiger charge is 2.20. The van der Waals surface area contributed by atoms with Crippen LogP contribution in [0.25, 0.3) is 0 Å². The van der Waals surface area contributed by atoms with Gasteiger partial charge in [0.05, 0.1) is 11.4 Å². The van der Waals surface area contributed by atoms with E-state index in [9.17, 15) is 4.79 Å². The van der Waals surface area contributed by atoms with E-state index in [1.54, 1.807) is 0 Å². The molecule has 1 amide bonds. The maximum absolute atomic E-state index is 12.5. The molecular weight excluding hydrogens is 368 g/mol. The summed E-state index contributed by atoms with van der Waals surface area (Å²) in [6.45, 7) is 3.41. The fourth-order valence-corrected chi connectivity index (χ4v) is 3.07. The quantitative estimate of drug-likeness (QED) is 0.792. The van der Waals surface area contributed by atoms with Crippen molar-refractivity contribution in [2.24, 2.45) is 0 Å². The molecule has 0 bridgehead atoms. The standard InChI is InChI=1S/C18H21BrN4O/c1-22-8-10-23(11-9-22)18(24)13-2-5-15(6-3-13)21-17-7-4-14(19)12-16(17)20/h2-7,12,21H,8-11,20H2,1H3. The van der Waals surface area contributed by atoms with E-state index in [0.717, 1.165) is 42.0 Å². The Labute approximate surface area is 150 Å². The molecule has 1 fully saturated rings. The van der Waals surface area contributed by atoms with E-state index in [0.29, 0.717) is 11.3 Å². The fourth-order valence-electron chi connectivity index (χ4n) is 2.69. The summed E-state index contributed by atoms with van der Waals surface area (Å²) >= 11 is 3.40. The summed E-state index contributed by atoms with van der Waals surface area (Å²) in [6, 6.07) is 13.2. The summed E-state index contributed by atoms with van der Waals surface area (Å²) in [7, 11) is 2.08. The Morgan fingerprint density at radius 3 is 2.38 bits per heavy atom. The number of nitrogens with zero attached hydrogens (tertiary/aromatic N) is 2. The zero-order valence-electron chi connectivity index (χ0n) is 13.6. The van der Waals surface area contributed by atoms with Gasteiger partial charge in [-0.3, -0.25) is 4.79 Å². The van der Waals surface area contributed by atoms with Crippen molar-refractivity contribution >= 4 is 38.9 Å². The van der Waals surface area contributed by atoms with Gasteiger partial charge in [0, 0.05) is 41.9 Å². The lowest BCUT2D eigenvalue weighted by molar-refractivity contribution is 0.0664. The Bertz CT molecular complexity index is 724. The van der Waals surface area contributed by atoms with Crippen molar-refractivity contribution in [3.63, 3.8) is 0 Å². The van der Waals surface area contributed by atoms with Crippen LogP contribution in [-0.4, -0.2) is 48.9 Å². The predicted octanol–water partition coefficient (Wildman–Crippen LogP) is 3.16. The second-order valence-corrected chi connectivity index (χ2v) is 6.95. The predicted molar refractivity (Wildman–Crippen MR) is 102 cm³/mol. The van der Waals surface area contributed by atoms with Crippen molar-refractivity contribution in [1.29, 1.82) is 0 Å². The van der Waals surface area contributed by atoms with E-state index in [1.807, 2.05) is 47.4 Å². The molecular formula is C18H21BrN4O. The average molecular weight is 389 g/mol. The minimum absolute atomic E-state index is 0.0952. The summed E-state index contributed by atoms with van der Waals surface area (Å²) in [5, 5.41) is 3.27. The van der Waals surface area contributed by atoms with E-state index >= 15 is 0 Å². The Morgan fingerprint density at radius 2 is 1.75 bits per heavy atom. The smallest absolute Gasteiger partial charge is 0.253 e. The zero-order valence-corrected chi connectivity index (χ0v) is 15.2. The molecule has 3 N–H and O–H groups in total.